The molecule has 49 heavy (non-hydrogen) atoms. The number of H-pyrrole nitrogens is 1. The van der Waals surface area contributed by atoms with Crippen LogP contribution in [0.5, 0.6) is 0 Å². The zero-order valence-electron chi connectivity index (χ0n) is 27.2. The minimum Gasteiger partial charge on any atom is -0.371 e. The first-order chi connectivity index (χ1) is 23.7. The fourth-order valence-electron chi connectivity index (χ4n) is 7.91. The first-order valence-corrected chi connectivity index (χ1v) is 16.9. The first-order valence-electron chi connectivity index (χ1n) is 16.9. The van der Waals surface area contributed by atoms with Crippen molar-refractivity contribution in [2.24, 2.45) is 0 Å². The molecule has 3 N–H and O–H groups in total. The van der Waals surface area contributed by atoms with Crippen molar-refractivity contribution in [3.63, 3.8) is 0 Å². The van der Waals surface area contributed by atoms with Crippen LogP contribution < -0.4 is 15.5 Å². The summed E-state index contributed by atoms with van der Waals surface area (Å²) in [5.41, 5.74) is 5.10. The molecular formula is C37H37N7O5. The highest BCUT2D eigenvalue weighted by atomic mass is 16.2. The number of hydrogen-bond donors (Lipinski definition) is 3. The zero-order valence-corrected chi connectivity index (χ0v) is 27.2. The van der Waals surface area contributed by atoms with Crippen LogP contribution in [0, 0.1) is 0 Å². The van der Waals surface area contributed by atoms with Gasteiger partial charge in [0.05, 0.1) is 22.3 Å². The van der Waals surface area contributed by atoms with Gasteiger partial charge in [0.2, 0.25) is 11.8 Å². The van der Waals surface area contributed by atoms with Crippen molar-refractivity contribution in [1.29, 1.82) is 0 Å². The number of hydrogen-bond acceptors (Lipinski definition) is 8. The van der Waals surface area contributed by atoms with Gasteiger partial charge in [-0.25, -0.2) is 4.98 Å². The molecule has 2 aromatic carbocycles. The van der Waals surface area contributed by atoms with Gasteiger partial charge in [0, 0.05) is 54.5 Å². The summed E-state index contributed by atoms with van der Waals surface area (Å²) >= 11 is 0. The van der Waals surface area contributed by atoms with E-state index in [1.807, 2.05) is 36.4 Å². The molecule has 0 spiro atoms. The lowest BCUT2D eigenvalue weighted by Gasteiger charge is -2.35. The van der Waals surface area contributed by atoms with Crippen molar-refractivity contribution < 1.29 is 24.0 Å². The quantitative estimate of drug-likeness (QED) is 0.259. The fourth-order valence-corrected chi connectivity index (χ4v) is 7.91. The number of imide groups is 2. The van der Waals surface area contributed by atoms with Crippen molar-refractivity contribution in [3.05, 3.63) is 88.7 Å². The van der Waals surface area contributed by atoms with E-state index in [1.54, 1.807) is 18.3 Å². The summed E-state index contributed by atoms with van der Waals surface area (Å²) in [7, 11) is 2.14. The first kappa shape index (κ1) is 30.9. The summed E-state index contributed by atoms with van der Waals surface area (Å²) in [5, 5.41) is 6.21. The molecule has 4 aromatic rings. The molecule has 0 bridgehead atoms. The number of aromatic amines is 1. The average molecular weight is 660 g/mol. The highest BCUT2D eigenvalue weighted by Gasteiger charge is 2.46. The number of carbonyl (C=O) groups excluding carboxylic acids is 5. The van der Waals surface area contributed by atoms with Crippen LogP contribution in [0.25, 0.3) is 10.9 Å². The summed E-state index contributed by atoms with van der Waals surface area (Å²) in [4.78, 5) is 77.6. The molecule has 2 atom stereocenters. The topological polar surface area (TPSA) is 148 Å². The lowest BCUT2D eigenvalue weighted by Crippen LogP contribution is -2.54. The maximum absolute atomic E-state index is 13.6. The molecule has 0 aliphatic carbocycles. The Morgan fingerprint density at radius 3 is 2.43 bits per heavy atom. The molecule has 6 heterocycles. The van der Waals surface area contributed by atoms with Gasteiger partial charge < -0.3 is 15.2 Å². The number of piperidine rings is 2. The van der Waals surface area contributed by atoms with E-state index < -0.39 is 29.7 Å². The van der Waals surface area contributed by atoms with E-state index in [0.29, 0.717) is 41.8 Å². The van der Waals surface area contributed by atoms with Crippen LogP contribution in [0.4, 0.5) is 11.5 Å². The van der Waals surface area contributed by atoms with E-state index in [2.05, 4.69) is 43.5 Å². The van der Waals surface area contributed by atoms with Crippen LogP contribution in [0.1, 0.15) is 92.8 Å². The predicted molar refractivity (Wildman–Crippen MR) is 182 cm³/mol. The number of anilines is 2. The average Bonchev–Trinajstić information content (AvgIpc) is 3.80. The third kappa shape index (κ3) is 5.55. The lowest BCUT2D eigenvalue weighted by atomic mass is 9.88. The number of pyridine rings is 1. The van der Waals surface area contributed by atoms with Crippen molar-refractivity contribution in [2.75, 3.05) is 36.9 Å². The van der Waals surface area contributed by atoms with Crippen LogP contribution in [0.15, 0.2) is 60.8 Å². The van der Waals surface area contributed by atoms with Gasteiger partial charge in [-0.1, -0.05) is 18.2 Å². The molecule has 4 aliphatic rings. The Morgan fingerprint density at radius 1 is 0.898 bits per heavy atom. The molecule has 2 aromatic heterocycles. The number of carbonyl (C=O) groups is 5. The number of fused-ring (bicyclic) bond motifs is 2. The Hall–Kier alpha value is -5.36. The third-order valence-electron chi connectivity index (χ3n) is 10.6. The number of likely N-dealkylation sites (tertiary alicyclic amines) is 1. The number of nitrogens with one attached hydrogen (secondary N) is 3. The Kier molecular flexibility index (Phi) is 7.74. The summed E-state index contributed by atoms with van der Waals surface area (Å²) in [6, 6.07) is 16.3. The normalized spacial score (nSPS) is 21.8. The maximum Gasteiger partial charge on any atom is 0.264 e. The molecule has 250 valence electrons. The highest BCUT2D eigenvalue weighted by Crippen LogP contribution is 2.38. The van der Waals surface area contributed by atoms with Gasteiger partial charge in [0.1, 0.15) is 11.9 Å². The molecule has 5 amide bonds. The SMILES string of the molecule is CN1CCC[C@@H]1c1cc2cnc(NC(=O)c3ccc(C4CCN(c5cccc6c5C(=O)N(C5CCC(=O)NC5=O)C6=O)CC4)cc3)cc2[nH]1. The van der Waals surface area contributed by atoms with E-state index in [-0.39, 0.29) is 30.2 Å². The number of aromatic nitrogens is 2. The predicted octanol–water partition coefficient (Wildman–Crippen LogP) is 4.37. The maximum atomic E-state index is 13.6. The van der Waals surface area contributed by atoms with E-state index in [1.165, 1.54) is 12.1 Å². The largest absolute Gasteiger partial charge is 0.371 e. The summed E-state index contributed by atoms with van der Waals surface area (Å²) in [5.74, 6) is -1.47. The van der Waals surface area contributed by atoms with Crippen LogP contribution in [0.3, 0.4) is 0 Å². The van der Waals surface area contributed by atoms with Crippen LogP contribution in [-0.2, 0) is 9.59 Å². The molecule has 0 radical (unpaired) electrons. The van der Waals surface area contributed by atoms with Gasteiger partial charge in [-0.15, -0.1) is 0 Å². The number of rotatable bonds is 6. The Bertz CT molecular complexity index is 2010. The van der Waals surface area contributed by atoms with Crippen molar-refractivity contribution in [1.82, 2.24) is 25.1 Å². The van der Waals surface area contributed by atoms with Crippen molar-refractivity contribution in [2.45, 2.75) is 56.5 Å². The number of amides is 5. The standard InChI is InChI=1S/C37H37N7O5/c1-42-15-3-6-28(42)27-18-24-20-38-31(19-26(24)39-27)40-34(46)23-9-7-21(8-10-23)22-13-16-43(17-14-22)29-5-2-4-25-33(29)37(49)44(36(25)48)30-11-12-32(45)41-35(30)47/h2,4-5,7-10,18-20,22,28,30,39H,3,6,11-17H2,1H3,(H,38,40,46)(H,41,45,47)/t28-,30?/m1/s1. The second-order valence-electron chi connectivity index (χ2n) is 13.5. The number of nitrogens with zero attached hydrogens (tertiary/aromatic N) is 4. The smallest absolute Gasteiger partial charge is 0.264 e. The molecule has 3 fully saturated rings. The van der Waals surface area contributed by atoms with E-state index in [4.69, 9.17) is 0 Å². The van der Waals surface area contributed by atoms with Crippen molar-refractivity contribution >= 4 is 51.9 Å². The molecule has 4 aliphatic heterocycles. The van der Waals surface area contributed by atoms with Crippen LogP contribution in [0.2, 0.25) is 0 Å². The molecule has 12 nitrogen and oxygen atoms in total. The summed E-state index contributed by atoms with van der Waals surface area (Å²) in [6.45, 7) is 2.44. The summed E-state index contributed by atoms with van der Waals surface area (Å²) < 4.78 is 0. The van der Waals surface area contributed by atoms with Gasteiger partial charge in [-0.3, -0.25) is 39.1 Å². The van der Waals surface area contributed by atoms with Crippen molar-refractivity contribution in [3.8, 4) is 0 Å². The minimum atomic E-state index is -0.996. The second-order valence-corrected chi connectivity index (χ2v) is 13.5. The van der Waals surface area contributed by atoms with Crippen LogP contribution >= 0.6 is 0 Å². The van der Waals surface area contributed by atoms with Gasteiger partial charge in [0.25, 0.3) is 17.7 Å². The number of benzene rings is 2. The molecular weight excluding hydrogens is 622 g/mol. The summed E-state index contributed by atoms with van der Waals surface area (Å²) in [6.07, 6.45) is 5.96. The van der Waals surface area contributed by atoms with Gasteiger partial charge in [0.15, 0.2) is 0 Å². The molecule has 8 rings (SSSR count). The minimum absolute atomic E-state index is 0.0800. The second kappa shape index (κ2) is 12.3. The molecule has 0 saturated carbocycles. The monoisotopic (exact) mass is 659 g/mol. The molecule has 3 saturated heterocycles. The van der Waals surface area contributed by atoms with Gasteiger partial charge in [-0.2, -0.15) is 0 Å². The van der Waals surface area contributed by atoms with E-state index in [0.717, 1.165) is 47.2 Å². The van der Waals surface area contributed by atoms with Gasteiger partial charge >= 0.3 is 0 Å². The molecule has 1 unspecified atom stereocenters. The lowest BCUT2D eigenvalue weighted by molar-refractivity contribution is -0.136. The Labute approximate surface area is 282 Å². The molecule has 12 heteroatoms. The van der Waals surface area contributed by atoms with E-state index in [9.17, 15) is 24.0 Å². The Morgan fingerprint density at radius 2 is 1.69 bits per heavy atom. The van der Waals surface area contributed by atoms with Crippen LogP contribution in [-0.4, -0.2) is 82.0 Å². The Balaban J connectivity index is 0.905. The fraction of sp³-hybridized carbons (Fsp3) is 0.351. The van der Waals surface area contributed by atoms with E-state index >= 15 is 0 Å². The zero-order chi connectivity index (χ0) is 33.8. The third-order valence-corrected chi connectivity index (χ3v) is 10.6. The van der Waals surface area contributed by atoms with Gasteiger partial charge in [-0.05, 0) is 87.5 Å². The highest BCUT2D eigenvalue weighted by molar-refractivity contribution is 6.25.